The predicted molar refractivity (Wildman–Crippen MR) is 79.6 cm³/mol. The van der Waals surface area contributed by atoms with E-state index in [1.165, 1.54) is 12.5 Å². The van der Waals surface area contributed by atoms with Crippen molar-refractivity contribution in [2.45, 2.75) is 18.0 Å². The van der Waals surface area contributed by atoms with E-state index in [1.54, 1.807) is 24.3 Å². The van der Waals surface area contributed by atoms with E-state index < -0.39 is 10.0 Å². The first-order chi connectivity index (χ1) is 9.53. The lowest BCUT2D eigenvalue weighted by Crippen LogP contribution is -2.23. The maximum Gasteiger partial charge on any atom is 0.241 e. The third-order valence-electron chi connectivity index (χ3n) is 2.71. The average Bonchev–Trinajstić information content (AvgIpc) is 2.90. The number of furan rings is 1. The van der Waals surface area contributed by atoms with Crippen LogP contribution in [0.25, 0.3) is 0 Å². The van der Waals surface area contributed by atoms with Gasteiger partial charge in [-0.2, -0.15) is 0 Å². The molecule has 7 heteroatoms. The second kappa shape index (κ2) is 6.53. The van der Waals surface area contributed by atoms with Crippen LogP contribution in [0, 0.1) is 0 Å². The van der Waals surface area contributed by atoms with E-state index >= 15 is 0 Å². The molecule has 1 heterocycles. The molecule has 108 valence electrons. The molecule has 5 nitrogen and oxygen atoms in total. The van der Waals surface area contributed by atoms with Gasteiger partial charge in [-0.15, -0.1) is 0 Å². The maximum absolute atomic E-state index is 12.2. The smallest absolute Gasteiger partial charge is 0.241 e. The first kappa shape index (κ1) is 15.2. The minimum absolute atomic E-state index is 0.198. The lowest BCUT2D eigenvalue weighted by molar-refractivity contribution is 0.561. The van der Waals surface area contributed by atoms with Crippen molar-refractivity contribution in [2.24, 2.45) is 0 Å². The van der Waals surface area contributed by atoms with Gasteiger partial charge in [-0.25, -0.2) is 13.1 Å². The van der Waals surface area contributed by atoms with Gasteiger partial charge in [0.2, 0.25) is 10.0 Å². The number of rotatable bonds is 6. The van der Waals surface area contributed by atoms with Gasteiger partial charge >= 0.3 is 0 Å². The van der Waals surface area contributed by atoms with Crippen LogP contribution in [0.3, 0.4) is 0 Å². The largest absolute Gasteiger partial charge is 0.472 e. The standard InChI is InChI=1S/C13H15BrN2O3S/c1-15-7-10-2-3-13(12(14)6-10)20(17,18)16-8-11-4-5-19-9-11/h2-6,9,15-16H,7-8H2,1H3. The van der Waals surface area contributed by atoms with Crippen LogP contribution >= 0.6 is 15.9 Å². The summed E-state index contributed by atoms with van der Waals surface area (Å²) in [5.41, 5.74) is 1.78. The molecule has 0 atom stereocenters. The molecule has 2 aromatic rings. The van der Waals surface area contributed by atoms with Crippen LogP contribution in [0.4, 0.5) is 0 Å². The van der Waals surface area contributed by atoms with E-state index in [1.807, 2.05) is 7.05 Å². The lowest BCUT2D eigenvalue weighted by atomic mass is 10.2. The van der Waals surface area contributed by atoms with E-state index in [2.05, 4.69) is 26.0 Å². The second-order valence-electron chi connectivity index (χ2n) is 4.25. The van der Waals surface area contributed by atoms with Gasteiger partial charge in [0.1, 0.15) is 0 Å². The molecule has 0 aliphatic rings. The summed E-state index contributed by atoms with van der Waals surface area (Å²) in [4.78, 5) is 0.223. The minimum Gasteiger partial charge on any atom is -0.472 e. The Morgan fingerprint density at radius 3 is 2.60 bits per heavy atom. The molecule has 2 rings (SSSR count). The normalized spacial score (nSPS) is 11.7. The highest BCUT2D eigenvalue weighted by Crippen LogP contribution is 2.23. The van der Waals surface area contributed by atoms with Crippen molar-refractivity contribution in [1.29, 1.82) is 0 Å². The molecular weight excluding hydrogens is 344 g/mol. The van der Waals surface area contributed by atoms with Gasteiger partial charge in [0.15, 0.2) is 0 Å². The first-order valence-electron chi connectivity index (χ1n) is 5.96. The van der Waals surface area contributed by atoms with Crippen LogP contribution in [0.2, 0.25) is 0 Å². The molecule has 0 fully saturated rings. The number of hydrogen-bond acceptors (Lipinski definition) is 4. The summed E-state index contributed by atoms with van der Waals surface area (Å²) in [5.74, 6) is 0. The van der Waals surface area contributed by atoms with Gasteiger partial charge in [0.25, 0.3) is 0 Å². The zero-order valence-electron chi connectivity index (χ0n) is 10.9. The van der Waals surface area contributed by atoms with Crippen molar-refractivity contribution in [3.8, 4) is 0 Å². The molecule has 1 aromatic carbocycles. The second-order valence-corrected chi connectivity index (χ2v) is 6.84. The van der Waals surface area contributed by atoms with Crippen LogP contribution in [-0.4, -0.2) is 15.5 Å². The highest BCUT2D eigenvalue weighted by molar-refractivity contribution is 9.10. The Morgan fingerprint density at radius 2 is 2.00 bits per heavy atom. The fourth-order valence-corrected chi connectivity index (χ4v) is 3.87. The Kier molecular flexibility index (Phi) is 4.98. The van der Waals surface area contributed by atoms with Gasteiger partial charge in [-0.1, -0.05) is 6.07 Å². The number of benzene rings is 1. The van der Waals surface area contributed by atoms with E-state index in [4.69, 9.17) is 4.42 Å². The number of nitrogens with one attached hydrogen (secondary N) is 2. The van der Waals surface area contributed by atoms with Crippen molar-refractivity contribution in [3.05, 3.63) is 52.4 Å². The fourth-order valence-electron chi connectivity index (χ4n) is 1.73. The third kappa shape index (κ3) is 3.69. The molecule has 20 heavy (non-hydrogen) atoms. The van der Waals surface area contributed by atoms with Crippen molar-refractivity contribution in [1.82, 2.24) is 10.0 Å². The van der Waals surface area contributed by atoms with E-state index in [0.717, 1.165) is 11.1 Å². The molecule has 0 saturated carbocycles. The topological polar surface area (TPSA) is 71.3 Å². The SMILES string of the molecule is CNCc1ccc(S(=O)(=O)NCc2ccoc2)c(Br)c1. The summed E-state index contributed by atoms with van der Waals surface area (Å²) in [7, 11) is -1.72. The van der Waals surface area contributed by atoms with E-state index in [-0.39, 0.29) is 11.4 Å². The molecule has 0 aliphatic heterocycles. The number of hydrogen-bond donors (Lipinski definition) is 2. The quantitative estimate of drug-likeness (QED) is 0.830. The zero-order valence-corrected chi connectivity index (χ0v) is 13.3. The Hall–Kier alpha value is -1.15. The molecule has 0 amide bonds. The first-order valence-corrected chi connectivity index (χ1v) is 8.24. The number of sulfonamides is 1. The van der Waals surface area contributed by atoms with Crippen LogP contribution in [0.1, 0.15) is 11.1 Å². The highest BCUT2D eigenvalue weighted by atomic mass is 79.9. The zero-order chi connectivity index (χ0) is 14.6. The Labute approximate surface area is 126 Å². The third-order valence-corrected chi connectivity index (χ3v) is 5.09. The van der Waals surface area contributed by atoms with Crippen molar-refractivity contribution in [3.63, 3.8) is 0 Å². The summed E-state index contributed by atoms with van der Waals surface area (Å²) in [6.07, 6.45) is 3.01. The molecule has 0 bridgehead atoms. The van der Waals surface area contributed by atoms with Crippen molar-refractivity contribution >= 4 is 26.0 Å². The molecule has 2 N–H and O–H groups in total. The molecule has 0 spiro atoms. The average molecular weight is 359 g/mol. The van der Waals surface area contributed by atoms with Gasteiger partial charge in [-0.05, 0) is 46.7 Å². The van der Waals surface area contributed by atoms with Gasteiger partial charge < -0.3 is 9.73 Å². The molecular formula is C13H15BrN2O3S. The van der Waals surface area contributed by atoms with Crippen LogP contribution in [0.15, 0.2) is 50.6 Å². The lowest BCUT2D eigenvalue weighted by Gasteiger charge is -2.09. The molecule has 0 aliphatic carbocycles. The van der Waals surface area contributed by atoms with Crippen LogP contribution in [-0.2, 0) is 23.1 Å². The van der Waals surface area contributed by atoms with Crippen molar-refractivity contribution in [2.75, 3.05) is 7.05 Å². The summed E-state index contributed by atoms with van der Waals surface area (Å²) in [6, 6.07) is 6.89. The molecule has 0 saturated heterocycles. The van der Waals surface area contributed by atoms with Gasteiger partial charge in [0.05, 0.1) is 17.4 Å². The molecule has 1 aromatic heterocycles. The summed E-state index contributed by atoms with van der Waals surface area (Å²) in [5, 5.41) is 3.02. The number of halogens is 1. The van der Waals surface area contributed by atoms with Crippen LogP contribution in [0.5, 0.6) is 0 Å². The minimum atomic E-state index is -3.56. The van der Waals surface area contributed by atoms with Crippen LogP contribution < -0.4 is 10.0 Å². The van der Waals surface area contributed by atoms with Gasteiger partial charge in [0, 0.05) is 23.1 Å². The fraction of sp³-hybridized carbons (Fsp3) is 0.231. The predicted octanol–water partition coefficient (Wildman–Crippen LogP) is 2.24. The highest BCUT2D eigenvalue weighted by Gasteiger charge is 2.17. The van der Waals surface area contributed by atoms with Gasteiger partial charge in [-0.3, -0.25) is 0 Å². The van der Waals surface area contributed by atoms with E-state index in [9.17, 15) is 8.42 Å². The molecule has 0 radical (unpaired) electrons. The maximum atomic E-state index is 12.2. The Bertz CT molecular complexity index is 669. The summed E-state index contributed by atoms with van der Waals surface area (Å²) in [6.45, 7) is 0.880. The monoisotopic (exact) mass is 358 g/mol. The Balaban J connectivity index is 2.16. The molecule has 0 unspecified atom stereocenters. The van der Waals surface area contributed by atoms with E-state index in [0.29, 0.717) is 11.0 Å². The van der Waals surface area contributed by atoms with Crippen molar-refractivity contribution < 1.29 is 12.8 Å². The Morgan fingerprint density at radius 1 is 1.20 bits per heavy atom. The summed E-state index contributed by atoms with van der Waals surface area (Å²) < 4.78 is 32.4. The summed E-state index contributed by atoms with van der Waals surface area (Å²) >= 11 is 3.31.